The lowest BCUT2D eigenvalue weighted by atomic mass is 10.1. The number of aromatic nitrogens is 1. The molecule has 158 valence electrons. The minimum atomic E-state index is 0.308. The van der Waals surface area contributed by atoms with Crippen LogP contribution >= 0.6 is 12.2 Å². The standard InChI is InChI=1S/C25H25N3O2S/c1-30-22-10-7-19(8-11-22)16-28-17-21(15-26-14-18-5-3-2-4-6-18)23-12-9-20(13-24(23)28)25(31)27-29/h2-13,17,26,29H,14-16H2,1H3,(H,27,31). The van der Waals surface area contributed by atoms with Crippen molar-refractivity contribution in [3.8, 4) is 5.75 Å². The fourth-order valence-electron chi connectivity index (χ4n) is 3.71. The summed E-state index contributed by atoms with van der Waals surface area (Å²) in [5.41, 5.74) is 7.58. The van der Waals surface area contributed by atoms with Crippen LogP contribution in [-0.2, 0) is 19.6 Å². The van der Waals surface area contributed by atoms with E-state index in [2.05, 4.69) is 64.0 Å². The second-order valence-electron chi connectivity index (χ2n) is 7.39. The first-order chi connectivity index (χ1) is 15.2. The van der Waals surface area contributed by atoms with Crippen molar-refractivity contribution in [3.05, 3.63) is 101 Å². The second kappa shape index (κ2) is 9.75. The first-order valence-corrected chi connectivity index (χ1v) is 10.5. The molecule has 3 N–H and O–H groups in total. The van der Waals surface area contributed by atoms with Gasteiger partial charge in [-0.2, -0.15) is 0 Å². The van der Waals surface area contributed by atoms with E-state index < -0.39 is 0 Å². The number of hydrogen-bond acceptors (Lipinski definition) is 4. The first kappa shape index (κ1) is 21.1. The monoisotopic (exact) mass is 431 g/mol. The van der Waals surface area contributed by atoms with Crippen LogP contribution in [0.5, 0.6) is 5.75 Å². The highest BCUT2D eigenvalue weighted by Crippen LogP contribution is 2.25. The number of ether oxygens (including phenoxy) is 1. The Morgan fingerprint density at radius 1 is 0.968 bits per heavy atom. The number of nitrogens with one attached hydrogen (secondary N) is 2. The molecule has 0 aliphatic carbocycles. The largest absolute Gasteiger partial charge is 0.497 e. The van der Waals surface area contributed by atoms with E-state index in [4.69, 9.17) is 17.0 Å². The van der Waals surface area contributed by atoms with Crippen LogP contribution in [0.2, 0.25) is 0 Å². The van der Waals surface area contributed by atoms with Gasteiger partial charge in [0, 0.05) is 42.3 Å². The van der Waals surface area contributed by atoms with Gasteiger partial charge in [-0.25, -0.2) is 0 Å². The summed E-state index contributed by atoms with van der Waals surface area (Å²) >= 11 is 5.22. The Balaban J connectivity index is 1.62. The van der Waals surface area contributed by atoms with E-state index in [1.165, 1.54) is 22.1 Å². The summed E-state index contributed by atoms with van der Waals surface area (Å²) in [7, 11) is 1.67. The summed E-state index contributed by atoms with van der Waals surface area (Å²) in [5, 5.41) is 13.9. The van der Waals surface area contributed by atoms with Gasteiger partial charge in [-0.15, -0.1) is 0 Å². The molecule has 0 unspecified atom stereocenters. The zero-order valence-electron chi connectivity index (χ0n) is 17.3. The van der Waals surface area contributed by atoms with Crippen LogP contribution < -0.4 is 15.5 Å². The van der Waals surface area contributed by atoms with E-state index in [1.807, 2.05) is 30.3 Å². The van der Waals surface area contributed by atoms with Crippen molar-refractivity contribution in [2.75, 3.05) is 7.11 Å². The summed E-state index contributed by atoms with van der Waals surface area (Å²) in [5.74, 6) is 0.841. The SMILES string of the molecule is COc1ccc(Cn2cc(CNCc3ccccc3)c3ccc(C(=S)NO)cc32)cc1. The molecule has 5 nitrogen and oxygen atoms in total. The summed E-state index contributed by atoms with van der Waals surface area (Å²) in [6, 6.07) is 24.5. The summed E-state index contributed by atoms with van der Waals surface area (Å²) < 4.78 is 7.49. The van der Waals surface area contributed by atoms with Gasteiger partial charge in [-0.1, -0.05) is 66.8 Å². The van der Waals surface area contributed by atoms with E-state index in [0.29, 0.717) is 4.99 Å². The Hall–Kier alpha value is -3.19. The van der Waals surface area contributed by atoms with E-state index in [-0.39, 0.29) is 0 Å². The number of benzene rings is 3. The van der Waals surface area contributed by atoms with Gasteiger partial charge in [0.15, 0.2) is 0 Å². The van der Waals surface area contributed by atoms with Gasteiger partial charge in [0.1, 0.15) is 10.7 Å². The number of rotatable bonds is 8. The summed E-state index contributed by atoms with van der Waals surface area (Å²) in [6.45, 7) is 2.29. The molecule has 1 heterocycles. The Morgan fingerprint density at radius 3 is 2.45 bits per heavy atom. The zero-order valence-corrected chi connectivity index (χ0v) is 18.2. The molecule has 1 aromatic heterocycles. The van der Waals surface area contributed by atoms with Crippen molar-refractivity contribution in [2.24, 2.45) is 0 Å². The Morgan fingerprint density at radius 2 is 1.74 bits per heavy atom. The molecule has 0 saturated heterocycles. The van der Waals surface area contributed by atoms with Crippen molar-refractivity contribution < 1.29 is 9.94 Å². The van der Waals surface area contributed by atoms with Gasteiger partial charge in [0.2, 0.25) is 0 Å². The Bertz CT molecular complexity index is 1170. The average molecular weight is 432 g/mol. The molecule has 0 spiro atoms. The normalized spacial score (nSPS) is 10.9. The van der Waals surface area contributed by atoms with Crippen LogP contribution in [0.25, 0.3) is 10.9 Å². The molecular weight excluding hydrogens is 406 g/mol. The molecular formula is C25H25N3O2S. The minimum absolute atomic E-state index is 0.308. The van der Waals surface area contributed by atoms with Gasteiger partial charge >= 0.3 is 0 Å². The average Bonchev–Trinajstić information content (AvgIpc) is 3.16. The quantitative estimate of drug-likeness (QED) is 0.280. The molecule has 0 aliphatic heterocycles. The van der Waals surface area contributed by atoms with Crippen molar-refractivity contribution in [1.29, 1.82) is 0 Å². The molecule has 3 aromatic carbocycles. The molecule has 31 heavy (non-hydrogen) atoms. The fraction of sp³-hybridized carbons (Fsp3) is 0.160. The summed E-state index contributed by atoms with van der Waals surface area (Å²) in [6.07, 6.45) is 2.19. The van der Waals surface area contributed by atoms with Crippen molar-refractivity contribution in [1.82, 2.24) is 15.4 Å². The van der Waals surface area contributed by atoms with Crippen molar-refractivity contribution >= 4 is 28.1 Å². The maximum absolute atomic E-state index is 9.22. The number of nitrogens with zero attached hydrogens (tertiary/aromatic N) is 1. The van der Waals surface area contributed by atoms with Gasteiger partial charge in [0.25, 0.3) is 0 Å². The molecule has 0 aliphatic rings. The van der Waals surface area contributed by atoms with Crippen LogP contribution in [0.1, 0.15) is 22.3 Å². The van der Waals surface area contributed by atoms with Crippen molar-refractivity contribution in [3.63, 3.8) is 0 Å². The van der Waals surface area contributed by atoms with Gasteiger partial charge in [0.05, 0.1) is 7.11 Å². The second-order valence-corrected chi connectivity index (χ2v) is 7.80. The highest BCUT2D eigenvalue weighted by molar-refractivity contribution is 7.80. The van der Waals surface area contributed by atoms with Crippen LogP contribution in [0.4, 0.5) is 0 Å². The van der Waals surface area contributed by atoms with E-state index in [1.54, 1.807) is 7.11 Å². The highest BCUT2D eigenvalue weighted by atomic mass is 32.1. The first-order valence-electron chi connectivity index (χ1n) is 10.1. The lowest BCUT2D eigenvalue weighted by Gasteiger charge is -2.08. The third-order valence-corrected chi connectivity index (χ3v) is 5.65. The van der Waals surface area contributed by atoms with Crippen LogP contribution in [-0.4, -0.2) is 21.9 Å². The molecule has 0 atom stereocenters. The minimum Gasteiger partial charge on any atom is -0.497 e. The smallest absolute Gasteiger partial charge is 0.130 e. The van der Waals surface area contributed by atoms with E-state index in [9.17, 15) is 5.21 Å². The maximum Gasteiger partial charge on any atom is 0.130 e. The maximum atomic E-state index is 9.22. The molecule has 0 bridgehead atoms. The lowest BCUT2D eigenvalue weighted by Crippen LogP contribution is -2.17. The van der Waals surface area contributed by atoms with Gasteiger partial charge in [-0.05, 0) is 34.9 Å². The molecule has 0 saturated carbocycles. The molecule has 0 radical (unpaired) electrons. The predicted octanol–water partition coefficient (Wildman–Crippen LogP) is 4.64. The molecule has 4 aromatic rings. The third-order valence-electron chi connectivity index (χ3n) is 5.33. The van der Waals surface area contributed by atoms with Crippen molar-refractivity contribution in [2.45, 2.75) is 19.6 Å². The number of fused-ring (bicyclic) bond motifs is 1. The number of methoxy groups -OCH3 is 1. The van der Waals surface area contributed by atoms with E-state index in [0.717, 1.165) is 36.5 Å². The third kappa shape index (κ3) is 4.94. The number of hydrogen-bond donors (Lipinski definition) is 3. The fourth-order valence-corrected chi connectivity index (χ4v) is 3.84. The predicted molar refractivity (Wildman–Crippen MR) is 128 cm³/mol. The molecule has 6 heteroatoms. The van der Waals surface area contributed by atoms with Crippen LogP contribution in [0, 0.1) is 0 Å². The highest BCUT2D eigenvalue weighted by Gasteiger charge is 2.11. The van der Waals surface area contributed by atoms with E-state index >= 15 is 0 Å². The van der Waals surface area contributed by atoms with Gasteiger partial charge in [-0.3, -0.25) is 10.7 Å². The Labute approximate surface area is 187 Å². The number of hydroxylamine groups is 1. The molecule has 4 rings (SSSR count). The number of thiocarbonyl (C=S) groups is 1. The van der Waals surface area contributed by atoms with Crippen LogP contribution in [0.15, 0.2) is 79.0 Å². The summed E-state index contributed by atoms with van der Waals surface area (Å²) in [4.78, 5) is 0.308. The van der Waals surface area contributed by atoms with Gasteiger partial charge < -0.3 is 14.6 Å². The van der Waals surface area contributed by atoms with Crippen LogP contribution in [0.3, 0.4) is 0 Å². The molecule has 0 fully saturated rings. The Kier molecular flexibility index (Phi) is 6.62. The zero-order chi connectivity index (χ0) is 21.6. The lowest BCUT2D eigenvalue weighted by molar-refractivity contribution is 0.238. The topological polar surface area (TPSA) is 58.5 Å². The molecule has 0 amide bonds.